The molecule has 0 aromatic heterocycles. The Labute approximate surface area is 124 Å². The fourth-order valence-corrected chi connectivity index (χ4v) is 3.41. The smallest absolute Gasteiger partial charge is 0.0547 e. The Morgan fingerprint density at radius 1 is 1.15 bits per heavy atom. The third-order valence-corrected chi connectivity index (χ3v) is 4.81. The van der Waals surface area contributed by atoms with E-state index in [4.69, 9.17) is 4.74 Å². The summed E-state index contributed by atoms with van der Waals surface area (Å²) in [6.07, 6.45) is 1.21. The zero-order chi connectivity index (χ0) is 14.6. The van der Waals surface area contributed by atoms with E-state index in [9.17, 15) is 0 Å². The average molecular weight is 283 g/mol. The van der Waals surface area contributed by atoms with Crippen molar-refractivity contribution in [1.82, 2.24) is 15.1 Å². The van der Waals surface area contributed by atoms with Crippen LogP contribution in [0.15, 0.2) is 0 Å². The number of hydrogen-bond acceptors (Lipinski definition) is 4. The Bertz CT molecular complexity index is 287. The van der Waals surface area contributed by atoms with Gasteiger partial charge in [0.1, 0.15) is 0 Å². The summed E-state index contributed by atoms with van der Waals surface area (Å²) in [4.78, 5) is 5.25. The van der Waals surface area contributed by atoms with Crippen molar-refractivity contribution in [2.24, 2.45) is 5.41 Å². The first-order valence-electron chi connectivity index (χ1n) is 8.21. The lowest BCUT2D eigenvalue weighted by molar-refractivity contribution is 0.0352. The molecule has 20 heavy (non-hydrogen) atoms. The van der Waals surface area contributed by atoms with Crippen molar-refractivity contribution >= 4 is 0 Å². The number of ether oxygens (including phenoxy) is 1. The monoisotopic (exact) mass is 283 g/mol. The molecule has 0 bridgehead atoms. The van der Waals surface area contributed by atoms with Crippen LogP contribution in [-0.2, 0) is 4.74 Å². The van der Waals surface area contributed by atoms with E-state index in [1.807, 2.05) is 0 Å². The van der Waals surface area contributed by atoms with Gasteiger partial charge in [0.05, 0.1) is 6.61 Å². The van der Waals surface area contributed by atoms with E-state index in [2.05, 4.69) is 42.8 Å². The zero-order valence-electron chi connectivity index (χ0n) is 13.9. The van der Waals surface area contributed by atoms with Crippen molar-refractivity contribution in [3.8, 4) is 0 Å². The fourth-order valence-electron chi connectivity index (χ4n) is 3.41. The molecule has 2 aliphatic rings. The van der Waals surface area contributed by atoms with Crippen molar-refractivity contribution in [2.45, 2.75) is 39.7 Å². The second-order valence-electron chi connectivity index (χ2n) is 7.52. The highest BCUT2D eigenvalue weighted by atomic mass is 16.5. The van der Waals surface area contributed by atoms with Crippen LogP contribution in [0, 0.1) is 5.41 Å². The van der Waals surface area contributed by atoms with Crippen molar-refractivity contribution in [3.63, 3.8) is 0 Å². The summed E-state index contributed by atoms with van der Waals surface area (Å²) in [6, 6.07) is 0. The van der Waals surface area contributed by atoms with Gasteiger partial charge in [0.2, 0.25) is 0 Å². The van der Waals surface area contributed by atoms with Gasteiger partial charge in [-0.1, -0.05) is 6.92 Å². The highest BCUT2D eigenvalue weighted by Crippen LogP contribution is 2.30. The summed E-state index contributed by atoms with van der Waals surface area (Å²) < 4.78 is 5.70. The van der Waals surface area contributed by atoms with Crippen LogP contribution in [-0.4, -0.2) is 74.4 Å². The largest absolute Gasteiger partial charge is 0.381 e. The summed E-state index contributed by atoms with van der Waals surface area (Å²) in [5.41, 5.74) is 0.657. The van der Waals surface area contributed by atoms with Crippen LogP contribution in [0.3, 0.4) is 0 Å². The summed E-state index contributed by atoms with van der Waals surface area (Å²) >= 11 is 0. The number of piperazine rings is 1. The summed E-state index contributed by atoms with van der Waals surface area (Å²) in [7, 11) is 0. The molecule has 0 aromatic rings. The molecule has 2 aliphatic heterocycles. The van der Waals surface area contributed by atoms with E-state index in [0.29, 0.717) is 11.0 Å². The minimum atomic E-state index is 0.310. The molecule has 1 unspecified atom stereocenters. The van der Waals surface area contributed by atoms with E-state index in [1.165, 1.54) is 39.1 Å². The predicted octanol–water partition coefficient (Wildman–Crippen LogP) is 1.42. The van der Waals surface area contributed by atoms with E-state index in [0.717, 1.165) is 26.3 Å². The maximum atomic E-state index is 5.70. The molecule has 4 heteroatoms. The van der Waals surface area contributed by atoms with Crippen molar-refractivity contribution in [1.29, 1.82) is 0 Å². The lowest BCUT2D eigenvalue weighted by Crippen LogP contribution is -2.56. The van der Waals surface area contributed by atoms with Gasteiger partial charge in [-0.15, -0.1) is 0 Å². The molecule has 0 amide bonds. The molecule has 0 saturated carbocycles. The lowest BCUT2D eigenvalue weighted by Gasteiger charge is -2.44. The van der Waals surface area contributed by atoms with E-state index < -0.39 is 0 Å². The van der Waals surface area contributed by atoms with Crippen LogP contribution in [0.2, 0.25) is 0 Å². The molecule has 0 spiro atoms. The lowest BCUT2D eigenvalue weighted by atomic mass is 9.86. The van der Waals surface area contributed by atoms with Gasteiger partial charge in [-0.05, 0) is 33.7 Å². The average Bonchev–Trinajstić information content (AvgIpc) is 2.85. The van der Waals surface area contributed by atoms with Gasteiger partial charge in [-0.2, -0.15) is 0 Å². The Kier molecular flexibility index (Phi) is 5.46. The van der Waals surface area contributed by atoms with E-state index in [-0.39, 0.29) is 0 Å². The van der Waals surface area contributed by atoms with Gasteiger partial charge < -0.3 is 15.0 Å². The molecule has 0 aromatic carbocycles. The number of nitrogens with one attached hydrogen (secondary N) is 1. The Balaban J connectivity index is 1.84. The number of rotatable bonds is 5. The third kappa shape index (κ3) is 4.17. The zero-order valence-corrected chi connectivity index (χ0v) is 13.9. The highest BCUT2D eigenvalue weighted by Gasteiger charge is 2.37. The summed E-state index contributed by atoms with van der Waals surface area (Å²) in [5, 5.41) is 3.54. The van der Waals surface area contributed by atoms with Crippen molar-refractivity contribution in [3.05, 3.63) is 0 Å². The first kappa shape index (κ1) is 16.2. The van der Waals surface area contributed by atoms with Crippen LogP contribution in [0.1, 0.15) is 34.1 Å². The Morgan fingerprint density at radius 2 is 1.85 bits per heavy atom. The standard InChI is InChI=1S/C16H33N3O/c1-5-17-12-16(6-11-20-14-16)13-18-7-9-19(10-8-18)15(2,3)4/h17H,5-14H2,1-4H3. The molecule has 1 N–H and O–H groups in total. The molecule has 0 radical (unpaired) electrons. The molecule has 2 heterocycles. The van der Waals surface area contributed by atoms with Gasteiger partial charge in [-0.25, -0.2) is 0 Å². The first-order valence-corrected chi connectivity index (χ1v) is 8.21. The topological polar surface area (TPSA) is 27.7 Å². The maximum absolute atomic E-state index is 5.70. The molecule has 4 nitrogen and oxygen atoms in total. The third-order valence-electron chi connectivity index (χ3n) is 4.81. The molecule has 2 fully saturated rings. The van der Waals surface area contributed by atoms with E-state index in [1.54, 1.807) is 0 Å². The van der Waals surface area contributed by atoms with Gasteiger partial charge >= 0.3 is 0 Å². The fraction of sp³-hybridized carbons (Fsp3) is 1.00. The van der Waals surface area contributed by atoms with Crippen LogP contribution < -0.4 is 5.32 Å². The maximum Gasteiger partial charge on any atom is 0.0547 e. The Morgan fingerprint density at radius 3 is 2.35 bits per heavy atom. The van der Waals surface area contributed by atoms with Crippen LogP contribution in [0.4, 0.5) is 0 Å². The molecule has 1 atom stereocenters. The van der Waals surface area contributed by atoms with Gasteiger partial charge in [-0.3, -0.25) is 4.90 Å². The minimum absolute atomic E-state index is 0.310. The second-order valence-corrected chi connectivity index (χ2v) is 7.52. The molecular weight excluding hydrogens is 250 g/mol. The SMILES string of the molecule is CCNCC1(CN2CCN(C(C)(C)C)CC2)CCOC1. The Hall–Kier alpha value is -0.160. The van der Waals surface area contributed by atoms with Crippen LogP contribution >= 0.6 is 0 Å². The predicted molar refractivity (Wildman–Crippen MR) is 84.2 cm³/mol. The minimum Gasteiger partial charge on any atom is -0.381 e. The quantitative estimate of drug-likeness (QED) is 0.826. The summed E-state index contributed by atoms with van der Waals surface area (Å²) in [6.45, 7) is 19.2. The highest BCUT2D eigenvalue weighted by molar-refractivity contribution is 4.90. The molecular formula is C16H33N3O. The van der Waals surface area contributed by atoms with Gasteiger partial charge in [0.25, 0.3) is 0 Å². The van der Waals surface area contributed by atoms with Gasteiger partial charge in [0, 0.05) is 56.8 Å². The molecule has 0 aliphatic carbocycles. The summed E-state index contributed by atoms with van der Waals surface area (Å²) in [5.74, 6) is 0. The van der Waals surface area contributed by atoms with Crippen LogP contribution in [0.5, 0.6) is 0 Å². The van der Waals surface area contributed by atoms with E-state index >= 15 is 0 Å². The van der Waals surface area contributed by atoms with Gasteiger partial charge in [0.15, 0.2) is 0 Å². The number of nitrogens with zero attached hydrogens (tertiary/aromatic N) is 2. The molecule has 2 rings (SSSR count). The van der Waals surface area contributed by atoms with Crippen molar-refractivity contribution < 1.29 is 4.74 Å². The second kappa shape index (κ2) is 6.73. The molecule has 118 valence electrons. The van der Waals surface area contributed by atoms with Crippen LogP contribution in [0.25, 0.3) is 0 Å². The number of hydrogen-bond donors (Lipinski definition) is 1. The normalized spacial score (nSPS) is 30.0. The first-order chi connectivity index (χ1) is 9.45. The molecule has 2 saturated heterocycles. The van der Waals surface area contributed by atoms with Crippen molar-refractivity contribution in [2.75, 3.05) is 59.0 Å².